The van der Waals surface area contributed by atoms with Crippen molar-refractivity contribution in [2.45, 2.75) is 13.0 Å². The molecule has 0 radical (unpaired) electrons. The summed E-state index contributed by atoms with van der Waals surface area (Å²) >= 11 is 0. The van der Waals surface area contributed by atoms with Crippen molar-refractivity contribution >= 4 is 23.3 Å². The molecule has 3 amide bonds. The third-order valence-corrected chi connectivity index (χ3v) is 4.52. The van der Waals surface area contributed by atoms with Crippen LogP contribution < -0.4 is 20.3 Å². The molecule has 30 heavy (non-hydrogen) atoms. The van der Waals surface area contributed by atoms with Crippen molar-refractivity contribution in [1.82, 2.24) is 5.32 Å². The van der Waals surface area contributed by atoms with Crippen molar-refractivity contribution in [1.29, 1.82) is 0 Å². The minimum atomic E-state index is -0.340. The maximum Gasteiger partial charge on any atom is 0.319 e. The van der Waals surface area contributed by atoms with Gasteiger partial charge in [-0.25, -0.2) is 4.79 Å². The minimum Gasteiger partial charge on any atom is -0.497 e. The van der Waals surface area contributed by atoms with Gasteiger partial charge in [0, 0.05) is 24.3 Å². The number of methoxy groups -OCH3 is 1. The molecule has 0 heterocycles. The van der Waals surface area contributed by atoms with Gasteiger partial charge >= 0.3 is 6.03 Å². The van der Waals surface area contributed by atoms with Gasteiger partial charge in [-0.15, -0.1) is 0 Å². The molecule has 2 N–H and O–H groups in total. The third-order valence-electron chi connectivity index (χ3n) is 4.52. The quantitative estimate of drug-likeness (QED) is 0.584. The number of nitrogens with zero attached hydrogens (tertiary/aromatic N) is 1. The molecule has 6 nitrogen and oxygen atoms in total. The van der Waals surface area contributed by atoms with Gasteiger partial charge in [-0.1, -0.05) is 48.5 Å². The summed E-state index contributed by atoms with van der Waals surface area (Å²) in [5.41, 5.74) is 2.50. The number of benzene rings is 3. The highest BCUT2D eigenvalue weighted by Gasteiger charge is 2.16. The van der Waals surface area contributed by atoms with Crippen LogP contribution in [-0.4, -0.2) is 25.6 Å². The number of ether oxygens (including phenoxy) is 1. The van der Waals surface area contributed by atoms with E-state index in [2.05, 4.69) is 10.6 Å². The SMILES string of the molecule is COc1ccc(N(Cc2ccccc2)C(=O)CCNC(=O)Nc2ccccc2)cc1. The maximum atomic E-state index is 13.0. The Morgan fingerprint density at radius 3 is 2.13 bits per heavy atom. The normalized spacial score (nSPS) is 10.2. The highest BCUT2D eigenvalue weighted by molar-refractivity contribution is 5.94. The van der Waals surface area contributed by atoms with Gasteiger partial charge in [-0.3, -0.25) is 4.79 Å². The fraction of sp³-hybridized carbons (Fsp3) is 0.167. The zero-order valence-electron chi connectivity index (χ0n) is 16.9. The number of para-hydroxylation sites is 1. The smallest absolute Gasteiger partial charge is 0.319 e. The molecule has 0 atom stereocenters. The molecule has 0 fully saturated rings. The molecule has 3 rings (SSSR count). The highest BCUT2D eigenvalue weighted by Crippen LogP contribution is 2.22. The molecule has 0 spiro atoms. The van der Waals surface area contributed by atoms with Gasteiger partial charge < -0.3 is 20.3 Å². The predicted molar refractivity (Wildman–Crippen MR) is 119 cm³/mol. The van der Waals surface area contributed by atoms with Gasteiger partial charge in [0.15, 0.2) is 0 Å². The molecule has 0 bridgehead atoms. The Morgan fingerprint density at radius 2 is 1.50 bits per heavy atom. The lowest BCUT2D eigenvalue weighted by Gasteiger charge is -2.23. The van der Waals surface area contributed by atoms with E-state index in [4.69, 9.17) is 4.74 Å². The number of anilines is 2. The molecule has 3 aromatic rings. The van der Waals surface area contributed by atoms with Crippen LogP contribution in [0, 0.1) is 0 Å². The Kier molecular flexibility index (Phi) is 7.44. The van der Waals surface area contributed by atoms with Crippen LogP contribution in [0.5, 0.6) is 5.75 Å². The lowest BCUT2D eigenvalue weighted by atomic mass is 10.1. The van der Waals surface area contributed by atoms with Crippen molar-refractivity contribution in [3.8, 4) is 5.75 Å². The number of hydrogen-bond donors (Lipinski definition) is 2. The topological polar surface area (TPSA) is 70.7 Å². The van der Waals surface area contributed by atoms with E-state index in [0.29, 0.717) is 12.2 Å². The average molecular weight is 403 g/mol. The van der Waals surface area contributed by atoms with E-state index in [1.165, 1.54) is 0 Å². The van der Waals surface area contributed by atoms with Gasteiger partial charge in [0.25, 0.3) is 0 Å². The fourth-order valence-corrected chi connectivity index (χ4v) is 2.97. The van der Waals surface area contributed by atoms with Gasteiger partial charge in [0.2, 0.25) is 5.91 Å². The monoisotopic (exact) mass is 403 g/mol. The molecule has 6 heteroatoms. The maximum absolute atomic E-state index is 13.0. The number of hydrogen-bond acceptors (Lipinski definition) is 3. The molecule has 154 valence electrons. The number of carbonyl (C=O) groups excluding carboxylic acids is 2. The molecule has 0 aliphatic heterocycles. The summed E-state index contributed by atoms with van der Waals surface area (Å²) < 4.78 is 5.21. The molecule has 0 aliphatic carbocycles. The second kappa shape index (κ2) is 10.7. The molecule has 0 saturated carbocycles. The lowest BCUT2D eigenvalue weighted by Crippen LogP contribution is -2.35. The Labute approximate surface area is 176 Å². The average Bonchev–Trinajstić information content (AvgIpc) is 2.79. The Hall–Kier alpha value is -3.80. The molecule has 0 aliphatic rings. The van der Waals surface area contributed by atoms with E-state index in [0.717, 1.165) is 17.0 Å². The van der Waals surface area contributed by atoms with Crippen molar-refractivity contribution in [3.63, 3.8) is 0 Å². The number of rotatable bonds is 8. The first-order valence-corrected chi connectivity index (χ1v) is 9.74. The van der Waals surface area contributed by atoms with E-state index in [9.17, 15) is 9.59 Å². The fourth-order valence-electron chi connectivity index (χ4n) is 2.97. The van der Waals surface area contributed by atoms with E-state index in [1.54, 1.807) is 24.1 Å². The van der Waals surface area contributed by atoms with Gasteiger partial charge in [0.1, 0.15) is 5.75 Å². The summed E-state index contributed by atoms with van der Waals surface area (Å²) in [6.07, 6.45) is 0.182. The Balaban J connectivity index is 1.61. The Bertz CT molecular complexity index is 944. The molecular formula is C24H25N3O3. The number of carbonyl (C=O) groups is 2. The van der Waals surface area contributed by atoms with E-state index in [-0.39, 0.29) is 24.9 Å². The molecule has 0 saturated heterocycles. The predicted octanol–water partition coefficient (Wildman–Crippen LogP) is 4.44. The van der Waals surface area contributed by atoms with Crippen LogP contribution in [0.4, 0.5) is 16.2 Å². The molecule has 0 unspecified atom stereocenters. The zero-order chi connectivity index (χ0) is 21.2. The van der Waals surface area contributed by atoms with Crippen LogP contribution in [0.2, 0.25) is 0 Å². The van der Waals surface area contributed by atoms with Crippen molar-refractivity contribution < 1.29 is 14.3 Å². The van der Waals surface area contributed by atoms with E-state index in [1.807, 2.05) is 72.8 Å². The van der Waals surface area contributed by atoms with Gasteiger partial charge in [-0.2, -0.15) is 0 Å². The number of urea groups is 1. The zero-order valence-corrected chi connectivity index (χ0v) is 16.9. The second-order valence-electron chi connectivity index (χ2n) is 6.66. The van der Waals surface area contributed by atoms with Crippen LogP contribution in [0.1, 0.15) is 12.0 Å². The highest BCUT2D eigenvalue weighted by atomic mass is 16.5. The minimum absolute atomic E-state index is 0.0796. The van der Waals surface area contributed by atoms with Crippen LogP contribution in [0.25, 0.3) is 0 Å². The van der Waals surface area contributed by atoms with Crippen LogP contribution in [-0.2, 0) is 11.3 Å². The van der Waals surface area contributed by atoms with Crippen LogP contribution in [0.3, 0.4) is 0 Å². The first-order valence-electron chi connectivity index (χ1n) is 9.74. The van der Waals surface area contributed by atoms with Gasteiger partial charge in [-0.05, 0) is 42.0 Å². The summed E-state index contributed by atoms with van der Waals surface area (Å²) in [6.45, 7) is 0.682. The number of amides is 3. The molecular weight excluding hydrogens is 378 g/mol. The third kappa shape index (κ3) is 6.10. The largest absolute Gasteiger partial charge is 0.497 e. The molecule has 0 aromatic heterocycles. The Morgan fingerprint density at radius 1 is 0.867 bits per heavy atom. The van der Waals surface area contributed by atoms with Crippen molar-refractivity contribution in [2.24, 2.45) is 0 Å². The van der Waals surface area contributed by atoms with E-state index >= 15 is 0 Å². The van der Waals surface area contributed by atoms with Crippen LogP contribution in [0.15, 0.2) is 84.9 Å². The standard InChI is InChI=1S/C24H25N3O3/c1-30-22-14-12-21(13-15-22)27(18-19-8-4-2-5-9-19)23(28)16-17-25-24(29)26-20-10-6-3-7-11-20/h2-15H,16-18H2,1H3,(H2,25,26,29). The first-order chi connectivity index (χ1) is 14.7. The van der Waals surface area contributed by atoms with Crippen molar-refractivity contribution in [2.75, 3.05) is 23.9 Å². The van der Waals surface area contributed by atoms with E-state index < -0.39 is 0 Å². The number of nitrogens with one attached hydrogen (secondary N) is 2. The first kappa shape index (κ1) is 20.9. The lowest BCUT2D eigenvalue weighted by molar-refractivity contribution is -0.118. The second-order valence-corrected chi connectivity index (χ2v) is 6.66. The summed E-state index contributed by atoms with van der Waals surface area (Å²) in [6, 6.07) is 26.0. The summed E-state index contributed by atoms with van der Waals surface area (Å²) in [7, 11) is 1.61. The summed E-state index contributed by atoms with van der Waals surface area (Å²) in [4.78, 5) is 26.7. The summed E-state index contributed by atoms with van der Waals surface area (Å²) in [5.74, 6) is 0.647. The van der Waals surface area contributed by atoms with Gasteiger partial charge in [0.05, 0.1) is 13.7 Å². The summed E-state index contributed by atoms with van der Waals surface area (Å²) in [5, 5.41) is 5.47. The molecule has 3 aromatic carbocycles. The van der Waals surface area contributed by atoms with Crippen molar-refractivity contribution in [3.05, 3.63) is 90.5 Å². The van der Waals surface area contributed by atoms with Crippen LogP contribution >= 0.6 is 0 Å².